The molecule has 61 heavy (non-hydrogen) atoms. The Morgan fingerprint density at radius 1 is 0.426 bits per heavy atom. The number of nitrogens with one attached hydrogen (secondary N) is 1. The zero-order valence-electron chi connectivity index (χ0n) is 36.7. The molecule has 0 bridgehead atoms. The zero-order valence-corrected chi connectivity index (χ0v) is 37.6. The third-order valence-electron chi connectivity index (χ3n) is 11.5. The number of fused-ring (bicyclic) bond motifs is 7. The molecule has 0 saturated carbocycles. The van der Waals surface area contributed by atoms with Crippen molar-refractivity contribution in [2.24, 2.45) is 0 Å². The van der Waals surface area contributed by atoms with E-state index in [-0.39, 0.29) is 18.1 Å². The summed E-state index contributed by atoms with van der Waals surface area (Å²) < 4.78 is 16.5. The molecule has 0 unspecified atom stereocenters. The van der Waals surface area contributed by atoms with E-state index in [4.69, 9.17) is 8.39 Å². The van der Waals surface area contributed by atoms with Gasteiger partial charge < -0.3 is 13.7 Å². The van der Waals surface area contributed by atoms with Crippen LogP contribution in [0.1, 0.15) is 84.3 Å². The molecule has 0 amide bonds. The van der Waals surface area contributed by atoms with Crippen molar-refractivity contribution in [2.75, 3.05) is 4.67 Å². The van der Waals surface area contributed by atoms with Crippen molar-refractivity contribution < 1.29 is 8.39 Å². The Morgan fingerprint density at radius 3 is 1.15 bits per heavy atom. The molecule has 0 atom stereocenters. The molecule has 9 rings (SSSR count). The van der Waals surface area contributed by atoms with Crippen LogP contribution in [-0.2, 0) is 0 Å². The molecule has 0 aliphatic rings. The van der Waals surface area contributed by atoms with E-state index in [2.05, 4.69) is 235 Å². The SMILES string of the molecule is Cc1ccc(C(NC(C)C)c2ccc(C)cc2)cc1.Cc1ccc(C(c2ccc(C)cc2)N(C(C)C)p2oc3ccc4ccccc4c3c3c(ccc4ccccc43)o2)cc1. The molecule has 1 N–H and O–H groups in total. The van der Waals surface area contributed by atoms with Crippen LogP contribution in [0, 0.1) is 27.7 Å². The van der Waals surface area contributed by atoms with Crippen LogP contribution >= 0.6 is 8.16 Å². The van der Waals surface area contributed by atoms with Crippen molar-refractivity contribution in [2.45, 2.75) is 79.6 Å². The van der Waals surface area contributed by atoms with Gasteiger partial charge in [-0.05, 0) is 111 Å². The van der Waals surface area contributed by atoms with Gasteiger partial charge >= 0.3 is 8.16 Å². The minimum atomic E-state index is -1.55. The molecule has 9 aromatic rings. The highest BCUT2D eigenvalue weighted by atomic mass is 31.1. The number of rotatable bonds is 9. The average molecular weight is 821 g/mol. The molecule has 0 spiro atoms. The summed E-state index contributed by atoms with van der Waals surface area (Å²) in [6.45, 7) is 17.4. The van der Waals surface area contributed by atoms with E-state index >= 15 is 0 Å². The average Bonchev–Trinajstić information content (AvgIpc) is 3.43. The summed E-state index contributed by atoms with van der Waals surface area (Å²) in [5, 5.41) is 10.5. The van der Waals surface area contributed by atoms with E-state index in [1.54, 1.807) is 0 Å². The molecule has 1 aromatic heterocycles. The lowest BCUT2D eigenvalue weighted by molar-refractivity contribution is 0.528. The van der Waals surface area contributed by atoms with Crippen LogP contribution in [0.2, 0.25) is 0 Å². The number of nitrogens with zero attached hydrogens (tertiary/aromatic N) is 1. The summed E-state index contributed by atoms with van der Waals surface area (Å²) in [7, 11) is -1.55. The van der Waals surface area contributed by atoms with E-state index in [1.165, 1.54) is 55.3 Å². The molecular formula is C56H57N2O2P. The van der Waals surface area contributed by atoms with Crippen LogP contribution in [0.5, 0.6) is 0 Å². The Hall–Kier alpha value is -5.90. The lowest BCUT2D eigenvalue weighted by atomic mass is 9.96. The number of aryl methyl sites for hydroxylation is 4. The van der Waals surface area contributed by atoms with Crippen molar-refractivity contribution in [3.63, 3.8) is 0 Å². The fraction of sp³-hybridized carbons (Fsp3) is 0.214. The number of hydrogen-bond donors (Lipinski definition) is 1. The van der Waals surface area contributed by atoms with Gasteiger partial charge in [0.05, 0.1) is 12.1 Å². The van der Waals surface area contributed by atoms with Crippen molar-refractivity contribution in [1.29, 1.82) is 0 Å². The Kier molecular flexibility index (Phi) is 12.6. The van der Waals surface area contributed by atoms with Crippen LogP contribution in [-0.4, -0.2) is 12.1 Å². The van der Waals surface area contributed by atoms with Crippen LogP contribution in [0.25, 0.3) is 43.5 Å². The van der Waals surface area contributed by atoms with Crippen molar-refractivity contribution in [3.8, 4) is 0 Å². The van der Waals surface area contributed by atoms with E-state index in [0.717, 1.165) is 32.7 Å². The van der Waals surface area contributed by atoms with Crippen molar-refractivity contribution >= 4 is 51.6 Å². The van der Waals surface area contributed by atoms with E-state index in [1.807, 2.05) is 0 Å². The maximum Gasteiger partial charge on any atom is 0.310 e. The Morgan fingerprint density at radius 2 is 0.787 bits per heavy atom. The topological polar surface area (TPSA) is 41.5 Å². The summed E-state index contributed by atoms with van der Waals surface area (Å²) in [6.07, 6.45) is 0. The second-order valence-electron chi connectivity index (χ2n) is 17.0. The van der Waals surface area contributed by atoms with E-state index < -0.39 is 8.16 Å². The second kappa shape index (κ2) is 18.4. The molecule has 8 aromatic carbocycles. The summed E-state index contributed by atoms with van der Waals surface area (Å²) in [5.74, 6) is 0. The lowest BCUT2D eigenvalue weighted by Crippen LogP contribution is -2.33. The summed E-state index contributed by atoms with van der Waals surface area (Å²) in [5.41, 5.74) is 11.9. The monoisotopic (exact) mass is 820 g/mol. The van der Waals surface area contributed by atoms with Gasteiger partial charge in [0.2, 0.25) is 0 Å². The van der Waals surface area contributed by atoms with Gasteiger partial charge in [0.25, 0.3) is 0 Å². The molecule has 0 saturated heterocycles. The lowest BCUT2D eigenvalue weighted by Gasteiger charge is -2.32. The Bertz CT molecular complexity index is 2740. The fourth-order valence-electron chi connectivity index (χ4n) is 8.26. The summed E-state index contributed by atoms with van der Waals surface area (Å²) in [6, 6.07) is 61.8. The van der Waals surface area contributed by atoms with Gasteiger partial charge in [-0.15, -0.1) is 0 Å². The predicted octanol–water partition coefficient (Wildman–Crippen LogP) is 15.7. The first-order valence-electron chi connectivity index (χ1n) is 21.5. The van der Waals surface area contributed by atoms with Crippen molar-refractivity contribution in [3.05, 3.63) is 214 Å². The summed E-state index contributed by atoms with van der Waals surface area (Å²) in [4.78, 5) is 0. The molecule has 5 heteroatoms. The van der Waals surface area contributed by atoms with Gasteiger partial charge in [-0.2, -0.15) is 4.67 Å². The van der Waals surface area contributed by atoms with Gasteiger partial charge in [-0.3, -0.25) is 0 Å². The van der Waals surface area contributed by atoms with Crippen LogP contribution in [0.3, 0.4) is 0 Å². The van der Waals surface area contributed by atoms with E-state index in [0.29, 0.717) is 6.04 Å². The molecule has 0 aliphatic carbocycles. The highest BCUT2D eigenvalue weighted by Crippen LogP contribution is 2.47. The molecule has 1 heterocycles. The highest BCUT2D eigenvalue weighted by molar-refractivity contribution is 7.39. The first-order valence-corrected chi connectivity index (χ1v) is 22.7. The van der Waals surface area contributed by atoms with E-state index in [9.17, 15) is 0 Å². The van der Waals surface area contributed by atoms with Gasteiger partial charge in [-0.25, -0.2) is 0 Å². The third kappa shape index (κ3) is 9.24. The minimum Gasteiger partial charge on any atom is -0.408 e. The standard InChI is InChI=1S/C38H34NO2P.C18H23N/c1-25(2)39(38(30-17-13-26(3)14-18-30)31-19-15-27(4)16-20-31)42-40-34-23-21-28-9-5-7-11-32(28)36(34)37-33-12-8-6-10-29(33)22-24-35(37)41-42;1-13(2)19-18(16-9-5-14(3)6-10-16)17-11-7-15(4)8-12-17/h5-25,38H,1-4H3;5-13,18-19H,1-4H3. The van der Waals surface area contributed by atoms with Crippen molar-refractivity contribution in [1.82, 2.24) is 5.32 Å². The minimum absolute atomic E-state index is 0.0526. The van der Waals surface area contributed by atoms with Crippen LogP contribution in [0.15, 0.2) is 178 Å². The third-order valence-corrected chi connectivity index (χ3v) is 13.2. The number of benzene rings is 8. The van der Waals surface area contributed by atoms with Crippen LogP contribution in [0.4, 0.5) is 0 Å². The molecule has 308 valence electrons. The van der Waals surface area contributed by atoms with Gasteiger partial charge in [-0.1, -0.05) is 180 Å². The van der Waals surface area contributed by atoms with Gasteiger partial charge in [0, 0.05) is 22.9 Å². The first kappa shape index (κ1) is 41.8. The zero-order chi connectivity index (χ0) is 42.6. The molecule has 4 nitrogen and oxygen atoms in total. The Balaban J connectivity index is 0.000000227. The quantitative estimate of drug-likeness (QED) is 0.157. The number of hydrogen-bond acceptors (Lipinski definition) is 4. The highest BCUT2D eigenvalue weighted by Gasteiger charge is 2.31. The largest absolute Gasteiger partial charge is 0.408 e. The maximum absolute atomic E-state index is 7.06. The second-order valence-corrected chi connectivity index (χ2v) is 18.3. The van der Waals surface area contributed by atoms with Gasteiger partial charge in [0.15, 0.2) is 0 Å². The summed E-state index contributed by atoms with van der Waals surface area (Å²) >= 11 is 0. The smallest absolute Gasteiger partial charge is 0.310 e. The molecule has 0 radical (unpaired) electrons. The van der Waals surface area contributed by atoms with Gasteiger partial charge in [0.1, 0.15) is 11.2 Å². The molecule has 0 aliphatic heterocycles. The first-order chi connectivity index (χ1) is 29.5. The predicted molar refractivity (Wildman–Crippen MR) is 261 cm³/mol. The molecule has 0 fully saturated rings. The Labute approximate surface area is 362 Å². The maximum atomic E-state index is 7.06. The fourth-order valence-corrected chi connectivity index (χ4v) is 9.96. The normalized spacial score (nSPS) is 11.8. The molecular weight excluding hydrogens is 764 g/mol. The van der Waals surface area contributed by atoms with Crippen LogP contribution < -0.4 is 9.99 Å².